The van der Waals surface area contributed by atoms with Gasteiger partial charge in [0.2, 0.25) is 0 Å². The van der Waals surface area contributed by atoms with Gasteiger partial charge in [-0.1, -0.05) is 27.7 Å². The minimum Gasteiger partial charge on any atom is -0.320 e. The van der Waals surface area contributed by atoms with E-state index >= 15 is 0 Å². The first-order valence-electron chi connectivity index (χ1n) is 8.07. The van der Waals surface area contributed by atoms with E-state index in [1.165, 1.54) is 4.31 Å². The highest BCUT2D eigenvalue weighted by Crippen LogP contribution is 2.13. The van der Waals surface area contributed by atoms with Crippen molar-refractivity contribution in [2.24, 2.45) is 11.8 Å². The van der Waals surface area contributed by atoms with Crippen LogP contribution in [0.15, 0.2) is 0 Å². The number of nitrogens with one attached hydrogen (secondary N) is 1. The molecular weight excluding hydrogens is 286 g/mol. The van der Waals surface area contributed by atoms with E-state index in [-0.39, 0.29) is 0 Å². The van der Waals surface area contributed by atoms with Crippen LogP contribution in [0.25, 0.3) is 0 Å². The fraction of sp³-hybridized carbons (Fsp3) is 1.00. The molecule has 0 aliphatic carbocycles. The molecule has 5 nitrogen and oxygen atoms in total. The quantitative estimate of drug-likeness (QED) is 0.561. The Bertz CT molecular complexity index is 344. The molecule has 0 saturated heterocycles. The summed E-state index contributed by atoms with van der Waals surface area (Å²) in [5.41, 5.74) is 0. The van der Waals surface area contributed by atoms with Gasteiger partial charge in [-0.25, -0.2) is 0 Å². The maximum atomic E-state index is 12.7. The van der Waals surface area contributed by atoms with Crippen LogP contribution in [0.1, 0.15) is 47.0 Å². The van der Waals surface area contributed by atoms with Gasteiger partial charge in [0.25, 0.3) is 10.2 Å². The monoisotopic (exact) mass is 321 g/mol. The third-order valence-electron chi connectivity index (χ3n) is 3.53. The summed E-state index contributed by atoms with van der Waals surface area (Å²) in [4.78, 5) is 0. The molecule has 0 aliphatic rings. The van der Waals surface area contributed by atoms with Gasteiger partial charge in [0.1, 0.15) is 0 Å². The van der Waals surface area contributed by atoms with Gasteiger partial charge in [0, 0.05) is 26.7 Å². The van der Waals surface area contributed by atoms with Crippen molar-refractivity contribution in [1.82, 2.24) is 13.9 Å². The standard InChI is InChI=1S/C15H35N3O2S/c1-14(2)8-12-18(13-9-15(3)4)21(19,20)17(6)11-7-10-16-5/h14-16H,7-13H2,1-6H3. The predicted octanol–water partition coefficient (Wildman–Crippen LogP) is 2.17. The summed E-state index contributed by atoms with van der Waals surface area (Å²) in [6.45, 7) is 11.1. The Morgan fingerprint density at radius 2 is 1.43 bits per heavy atom. The first kappa shape index (κ1) is 20.8. The molecule has 21 heavy (non-hydrogen) atoms. The maximum Gasteiger partial charge on any atom is 0.281 e. The smallest absolute Gasteiger partial charge is 0.281 e. The van der Waals surface area contributed by atoms with Gasteiger partial charge < -0.3 is 5.32 Å². The molecule has 0 aliphatic heterocycles. The zero-order valence-corrected chi connectivity index (χ0v) is 15.5. The van der Waals surface area contributed by atoms with E-state index in [1.54, 1.807) is 11.4 Å². The molecule has 0 atom stereocenters. The molecule has 0 aromatic heterocycles. The summed E-state index contributed by atoms with van der Waals surface area (Å²) < 4.78 is 28.5. The van der Waals surface area contributed by atoms with E-state index in [0.29, 0.717) is 31.5 Å². The first-order chi connectivity index (χ1) is 9.71. The van der Waals surface area contributed by atoms with Crippen LogP contribution in [0.5, 0.6) is 0 Å². The van der Waals surface area contributed by atoms with Crippen LogP contribution in [0.3, 0.4) is 0 Å². The zero-order chi connectivity index (χ0) is 16.5. The number of hydrogen-bond donors (Lipinski definition) is 1. The van der Waals surface area contributed by atoms with Crippen LogP contribution in [-0.2, 0) is 10.2 Å². The van der Waals surface area contributed by atoms with Crippen molar-refractivity contribution < 1.29 is 8.42 Å². The average molecular weight is 322 g/mol. The molecule has 0 aromatic rings. The van der Waals surface area contributed by atoms with Crippen LogP contribution >= 0.6 is 0 Å². The molecule has 0 radical (unpaired) electrons. The maximum absolute atomic E-state index is 12.7. The first-order valence-corrected chi connectivity index (χ1v) is 9.47. The van der Waals surface area contributed by atoms with Gasteiger partial charge in [-0.3, -0.25) is 0 Å². The van der Waals surface area contributed by atoms with Gasteiger partial charge in [-0.2, -0.15) is 17.0 Å². The number of rotatable bonds is 12. The van der Waals surface area contributed by atoms with Crippen LogP contribution in [0.4, 0.5) is 0 Å². The van der Waals surface area contributed by atoms with Gasteiger partial charge in [0.05, 0.1) is 0 Å². The molecule has 0 fully saturated rings. The Morgan fingerprint density at radius 1 is 0.952 bits per heavy atom. The lowest BCUT2D eigenvalue weighted by Crippen LogP contribution is -2.44. The molecule has 0 spiro atoms. The van der Waals surface area contributed by atoms with Gasteiger partial charge in [0.15, 0.2) is 0 Å². The van der Waals surface area contributed by atoms with Crippen molar-refractivity contribution in [3.8, 4) is 0 Å². The van der Waals surface area contributed by atoms with Crippen molar-refractivity contribution in [2.45, 2.75) is 47.0 Å². The number of hydrogen-bond acceptors (Lipinski definition) is 3. The highest BCUT2D eigenvalue weighted by Gasteiger charge is 2.26. The summed E-state index contributed by atoms with van der Waals surface area (Å²) in [7, 11) is 0.230. The second kappa shape index (κ2) is 10.5. The van der Waals surface area contributed by atoms with Crippen molar-refractivity contribution >= 4 is 10.2 Å². The summed E-state index contributed by atoms with van der Waals surface area (Å²) in [6, 6.07) is 0. The van der Waals surface area contributed by atoms with Crippen molar-refractivity contribution in [2.75, 3.05) is 40.3 Å². The second-order valence-electron chi connectivity index (χ2n) is 6.55. The normalized spacial score (nSPS) is 13.0. The summed E-state index contributed by atoms with van der Waals surface area (Å²) in [5.74, 6) is 1.02. The van der Waals surface area contributed by atoms with E-state index in [1.807, 2.05) is 7.05 Å². The van der Waals surface area contributed by atoms with E-state index in [2.05, 4.69) is 33.0 Å². The molecule has 1 N–H and O–H groups in total. The lowest BCUT2D eigenvalue weighted by atomic mass is 10.1. The van der Waals surface area contributed by atoms with Gasteiger partial charge >= 0.3 is 0 Å². The Kier molecular flexibility index (Phi) is 10.5. The summed E-state index contributed by atoms with van der Waals surface area (Å²) >= 11 is 0. The van der Waals surface area contributed by atoms with Crippen LogP contribution in [-0.4, -0.2) is 57.3 Å². The Hall–Kier alpha value is -0.170. The lowest BCUT2D eigenvalue weighted by Gasteiger charge is -2.28. The summed E-state index contributed by atoms with van der Waals surface area (Å²) in [6.07, 6.45) is 2.64. The minimum absolute atomic E-state index is 0.511. The molecule has 0 rings (SSSR count). The molecular formula is C15H35N3O2S. The molecule has 0 bridgehead atoms. The minimum atomic E-state index is -3.33. The summed E-state index contributed by atoms with van der Waals surface area (Å²) in [5, 5.41) is 3.05. The van der Waals surface area contributed by atoms with Gasteiger partial charge in [-0.05, 0) is 44.7 Å². The molecule has 0 saturated carbocycles. The second-order valence-corrected chi connectivity index (χ2v) is 8.59. The largest absolute Gasteiger partial charge is 0.320 e. The predicted molar refractivity (Wildman–Crippen MR) is 90.6 cm³/mol. The fourth-order valence-electron chi connectivity index (χ4n) is 1.94. The van der Waals surface area contributed by atoms with Crippen LogP contribution in [0, 0.1) is 11.8 Å². The van der Waals surface area contributed by atoms with E-state index in [9.17, 15) is 8.42 Å². The third-order valence-corrected chi connectivity index (χ3v) is 5.52. The third kappa shape index (κ3) is 8.76. The van der Waals surface area contributed by atoms with Crippen molar-refractivity contribution in [3.05, 3.63) is 0 Å². The average Bonchev–Trinajstić information content (AvgIpc) is 2.37. The number of nitrogens with zero attached hydrogens (tertiary/aromatic N) is 2. The van der Waals surface area contributed by atoms with Crippen LogP contribution in [0.2, 0.25) is 0 Å². The fourth-order valence-corrected chi connectivity index (χ4v) is 3.36. The van der Waals surface area contributed by atoms with Crippen molar-refractivity contribution in [1.29, 1.82) is 0 Å². The highest BCUT2D eigenvalue weighted by atomic mass is 32.2. The highest BCUT2D eigenvalue weighted by molar-refractivity contribution is 7.86. The van der Waals surface area contributed by atoms with E-state index < -0.39 is 10.2 Å². The zero-order valence-electron chi connectivity index (χ0n) is 14.7. The molecule has 0 unspecified atom stereocenters. The molecule has 128 valence electrons. The lowest BCUT2D eigenvalue weighted by molar-refractivity contribution is 0.324. The SMILES string of the molecule is CNCCCN(C)S(=O)(=O)N(CCC(C)C)CCC(C)C. The van der Waals surface area contributed by atoms with Gasteiger partial charge in [-0.15, -0.1) is 0 Å². The van der Waals surface area contributed by atoms with Crippen LogP contribution < -0.4 is 5.32 Å². The van der Waals surface area contributed by atoms with Crippen molar-refractivity contribution in [3.63, 3.8) is 0 Å². The molecule has 0 amide bonds. The molecule has 6 heteroatoms. The molecule has 0 aromatic carbocycles. The Morgan fingerprint density at radius 3 is 1.81 bits per heavy atom. The molecule has 0 heterocycles. The van der Waals surface area contributed by atoms with E-state index in [4.69, 9.17) is 0 Å². The Labute approximate surface area is 132 Å². The topological polar surface area (TPSA) is 52.7 Å². The Balaban J connectivity index is 4.73. The van der Waals surface area contributed by atoms with E-state index in [0.717, 1.165) is 25.8 Å².